The lowest BCUT2D eigenvalue weighted by Gasteiger charge is -2.38. The Morgan fingerprint density at radius 3 is 2.27 bits per heavy atom. The number of hydrogen-bond acceptors (Lipinski definition) is 5. The molecule has 160 valence electrons. The summed E-state index contributed by atoms with van der Waals surface area (Å²) < 4.78 is 0. The quantitative estimate of drug-likeness (QED) is 0.581. The first-order valence-corrected chi connectivity index (χ1v) is 10.3. The number of benzene rings is 2. The first kappa shape index (κ1) is 21.6. The minimum absolute atomic E-state index is 0.0584. The van der Waals surface area contributed by atoms with E-state index in [-0.39, 0.29) is 28.0 Å². The number of anilines is 2. The molecule has 30 heavy (non-hydrogen) atoms. The zero-order valence-electron chi connectivity index (χ0n) is 18.1. The van der Waals surface area contributed by atoms with Crippen molar-refractivity contribution in [3.63, 3.8) is 0 Å². The number of nitro benzene ring substituents is 1. The van der Waals surface area contributed by atoms with Crippen molar-refractivity contribution in [3.8, 4) is 0 Å². The van der Waals surface area contributed by atoms with Crippen molar-refractivity contribution in [1.29, 1.82) is 0 Å². The van der Waals surface area contributed by atoms with Crippen molar-refractivity contribution in [1.82, 2.24) is 4.90 Å². The molecule has 0 bridgehead atoms. The first-order valence-electron chi connectivity index (χ1n) is 10.3. The van der Waals surface area contributed by atoms with Crippen LogP contribution in [-0.4, -0.2) is 41.9 Å². The Morgan fingerprint density at radius 2 is 1.70 bits per heavy atom. The maximum atomic E-state index is 12.5. The number of carbonyl (C=O) groups excluding carboxylic acids is 1. The highest BCUT2D eigenvalue weighted by molar-refractivity contribution is 5.82. The number of piperazine rings is 1. The summed E-state index contributed by atoms with van der Waals surface area (Å²) in [6, 6.07) is 15.0. The van der Waals surface area contributed by atoms with Crippen LogP contribution in [0, 0.1) is 15.5 Å². The highest BCUT2D eigenvalue weighted by Crippen LogP contribution is 2.33. The van der Waals surface area contributed by atoms with Gasteiger partial charge in [-0.05, 0) is 24.6 Å². The predicted octanol–water partition coefficient (Wildman–Crippen LogP) is 4.46. The second kappa shape index (κ2) is 8.73. The number of hydrogen-bond donors (Lipinski definition) is 1. The van der Waals surface area contributed by atoms with Crippen LogP contribution in [0.25, 0.3) is 0 Å². The molecule has 1 fully saturated rings. The van der Waals surface area contributed by atoms with Crippen molar-refractivity contribution in [2.75, 3.05) is 36.4 Å². The van der Waals surface area contributed by atoms with E-state index < -0.39 is 0 Å². The van der Waals surface area contributed by atoms with Gasteiger partial charge in [0.2, 0.25) is 5.91 Å². The zero-order chi connectivity index (χ0) is 21.9. The third kappa shape index (κ3) is 4.90. The Kier molecular flexibility index (Phi) is 6.29. The number of nitro groups is 1. The molecule has 2 aromatic rings. The average molecular weight is 411 g/mol. The summed E-state index contributed by atoms with van der Waals surface area (Å²) in [5.41, 5.74) is 2.16. The number of rotatable bonds is 5. The standard InChI is InChI=1S/C23H30N4O3/c1-17(18-8-6-5-7-9-18)24-20-16-19(10-11-21(20)27(29)30)25-12-14-26(15-13-25)22(28)23(2,3)4/h5-11,16-17,24H,12-15H2,1-4H3/t17-/m0/s1. The van der Waals surface area contributed by atoms with Crippen molar-refractivity contribution in [2.45, 2.75) is 33.7 Å². The average Bonchev–Trinajstić information content (AvgIpc) is 2.73. The molecule has 0 radical (unpaired) electrons. The van der Waals surface area contributed by atoms with Crippen molar-refractivity contribution in [3.05, 3.63) is 64.2 Å². The Bertz CT molecular complexity index is 900. The molecule has 0 saturated carbocycles. The summed E-state index contributed by atoms with van der Waals surface area (Å²) >= 11 is 0. The summed E-state index contributed by atoms with van der Waals surface area (Å²) in [5, 5.41) is 14.8. The fourth-order valence-electron chi connectivity index (χ4n) is 3.70. The van der Waals surface area contributed by atoms with Crippen LogP contribution in [0.3, 0.4) is 0 Å². The number of nitrogens with one attached hydrogen (secondary N) is 1. The number of carbonyl (C=O) groups is 1. The second-order valence-corrected chi connectivity index (χ2v) is 8.76. The van der Waals surface area contributed by atoms with Gasteiger partial charge < -0.3 is 15.1 Å². The summed E-state index contributed by atoms with van der Waals surface area (Å²) in [6.45, 7) is 10.5. The maximum Gasteiger partial charge on any atom is 0.292 e. The number of amides is 1. The molecule has 1 saturated heterocycles. The molecule has 1 N–H and O–H groups in total. The molecule has 0 unspecified atom stereocenters. The Labute approximate surface area is 177 Å². The van der Waals surface area contributed by atoms with E-state index in [4.69, 9.17) is 0 Å². The molecule has 0 spiro atoms. The van der Waals surface area contributed by atoms with Gasteiger partial charge in [-0.2, -0.15) is 0 Å². The zero-order valence-corrected chi connectivity index (χ0v) is 18.1. The fourth-order valence-corrected chi connectivity index (χ4v) is 3.70. The van der Waals surface area contributed by atoms with Crippen LogP contribution in [0.2, 0.25) is 0 Å². The van der Waals surface area contributed by atoms with E-state index in [1.54, 1.807) is 12.1 Å². The topological polar surface area (TPSA) is 78.7 Å². The lowest BCUT2D eigenvalue weighted by Crippen LogP contribution is -2.51. The van der Waals surface area contributed by atoms with E-state index in [1.165, 1.54) is 0 Å². The molecule has 2 aromatic carbocycles. The minimum atomic E-state index is -0.389. The van der Waals surface area contributed by atoms with Crippen LogP contribution in [0.1, 0.15) is 39.3 Å². The molecule has 0 aromatic heterocycles. The Morgan fingerprint density at radius 1 is 1.07 bits per heavy atom. The van der Waals surface area contributed by atoms with Gasteiger partial charge in [0.05, 0.1) is 4.92 Å². The fraction of sp³-hybridized carbons (Fsp3) is 0.435. The molecule has 3 rings (SSSR count). The molecular formula is C23H30N4O3. The lowest BCUT2D eigenvalue weighted by atomic mass is 9.94. The third-order valence-electron chi connectivity index (χ3n) is 5.42. The molecule has 1 atom stereocenters. The predicted molar refractivity (Wildman–Crippen MR) is 120 cm³/mol. The van der Waals surface area contributed by atoms with E-state index in [9.17, 15) is 14.9 Å². The molecule has 1 aliphatic heterocycles. The molecule has 1 aliphatic rings. The van der Waals surface area contributed by atoms with E-state index in [1.807, 2.05) is 69.0 Å². The molecular weight excluding hydrogens is 380 g/mol. The normalized spacial score (nSPS) is 15.6. The van der Waals surface area contributed by atoms with Crippen molar-refractivity contribution < 1.29 is 9.72 Å². The SMILES string of the molecule is C[C@H](Nc1cc(N2CCN(C(=O)C(C)(C)C)CC2)ccc1[N+](=O)[O-])c1ccccc1. The Balaban J connectivity index is 1.76. The minimum Gasteiger partial charge on any atom is -0.373 e. The van der Waals surface area contributed by atoms with Crippen LogP contribution >= 0.6 is 0 Å². The lowest BCUT2D eigenvalue weighted by molar-refractivity contribution is -0.384. The van der Waals surface area contributed by atoms with Crippen molar-refractivity contribution >= 4 is 23.0 Å². The van der Waals surface area contributed by atoms with Crippen LogP contribution < -0.4 is 10.2 Å². The smallest absolute Gasteiger partial charge is 0.292 e. The molecule has 1 heterocycles. The van der Waals surface area contributed by atoms with Crippen molar-refractivity contribution in [2.24, 2.45) is 5.41 Å². The Hall–Kier alpha value is -3.09. The highest BCUT2D eigenvalue weighted by Gasteiger charge is 2.30. The molecule has 7 heteroatoms. The highest BCUT2D eigenvalue weighted by atomic mass is 16.6. The van der Waals surface area contributed by atoms with Crippen LogP contribution in [-0.2, 0) is 4.79 Å². The summed E-state index contributed by atoms with van der Waals surface area (Å²) in [4.78, 5) is 27.8. The van der Waals surface area contributed by atoms with Crippen LogP contribution in [0.4, 0.5) is 17.1 Å². The van der Waals surface area contributed by atoms with Gasteiger partial charge >= 0.3 is 0 Å². The van der Waals surface area contributed by atoms with Gasteiger partial charge in [0.15, 0.2) is 0 Å². The van der Waals surface area contributed by atoms with Crippen LogP contribution in [0.15, 0.2) is 48.5 Å². The number of nitrogens with zero attached hydrogens (tertiary/aromatic N) is 3. The monoisotopic (exact) mass is 410 g/mol. The van der Waals surface area contributed by atoms with Gasteiger partial charge in [-0.15, -0.1) is 0 Å². The summed E-state index contributed by atoms with van der Waals surface area (Å²) in [7, 11) is 0. The maximum absolute atomic E-state index is 12.5. The van der Waals surface area contributed by atoms with E-state index in [2.05, 4.69) is 10.2 Å². The molecule has 0 aliphatic carbocycles. The van der Waals surface area contributed by atoms with Gasteiger partial charge in [-0.3, -0.25) is 14.9 Å². The van der Waals surface area contributed by atoms with Gasteiger partial charge in [0.25, 0.3) is 5.69 Å². The second-order valence-electron chi connectivity index (χ2n) is 8.76. The van der Waals surface area contributed by atoms with E-state index >= 15 is 0 Å². The van der Waals surface area contributed by atoms with Crippen LogP contribution in [0.5, 0.6) is 0 Å². The van der Waals surface area contributed by atoms with Gasteiger partial charge in [-0.1, -0.05) is 51.1 Å². The third-order valence-corrected chi connectivity index (χ3v) is 5.42. The summed E-state index contributed by atoms with van der Waals surface area (Å²) in [6.07, 6.45) is 0. The van der Waals surface area contributed by atoms with Gasteiger partial charge in [-0.25, -0.2) is 0 Å². The first-order chi connectivity index (χ1) is 14.2. The van der Waals surface area contributed by atoms with Gasteiger partial charge in [0, 0.05) is 49.4 Å². The van der Waals surface area contributed by atoms with E-state index in [0.717, 1.165) is 11.3 Å². The van der Waals surface area contributed by atoms with Gasteiger partial charge in [0.1, 0.15) is 5.69 Å². The summed E-state index contributed by atoms with van der Waals surface area (Å²) in [5.74, 6) is 0.157. The molecule has 7 nitrogen and oxygen atoms in total. The van der Waals surface area contributed by atoms with E-state index in [0.29, 0.717) is 31.9 Å². The largest absolute Gasteiger partial charge is 0.373 e. The molecule has 1 amide bonds.